The van der Waals surface area contributed by atoms with Crippen LogP contribution in [0.25, 0.3) is 0 Å². The molecule has 0 fully saturated rings. The third-order valence-corrected chi connectivity index (χ3v) is 2.22. The van der Waals surface area contributed by atoms with E-state index < -0.39 is 5.82 Å². The zero-order valence-electron chi connectivity index (χ0n) is 9.27. The van der Waals surface area contributed by atoms with Crippen LogP contribution in [0.5, 0.6) is 0 Å². The van der Waals surface area contributed by atoms with Crippen molar-refractivity contribution in [3.05, 3.63) is 29.6 Å². The average Bonchev–Trinajstić information content (AvgIpc) is 2.28. The summed E-state index contributed by atoms with van der Waals surface area (Å²) in [7, 11) is 0. The van der Waals surface area contributed by atoms with E-state index in [0.717, 1.165) is 6.07 Å². The zero-order chi connectivity index (χ0) is 12.8. The Bertz CT molecular complexity index is 497. The average molecular weight is 231 g/mol. The molecule has 4 nitrogen and oxygen atoms in total. The number of anilines is 1. The van der Waals surface area contributed by atoms with Crippen LogP contribution in [0.4, 0.5) is 10.1 Å². The number of nitrogens with zero attached hydrogens (tertiary/aromatic N) is 3. The van der Waals surface area contributed by atoms with Crippen LogP contribution in [0.2, 0.25) is 0 Å². The van der Waals surface area contributed by atoms with E-state index in [0.29, 0.717) is 0 Å². The first-order valence-electron chi connectivity index (χ1n) is 4.89. The highest BCUT2D eigenvalue weighted by Crippen LogP contribution is 2.20. The number of nitriles is 2. The van der Waals surface area contributed by atoms with E-state index in [1.807, 2.05) is 12.1 Å². The SMILES string of the molecule is CC(=O)c1ccc(N(CC#N)CC#N)c(F)c1. The molecule has 86 valence electrons. The van der Waals surface area contributed by atoms with Crippen molar-refractivity contribution >= 4 is 11.5 Å². The minimum absolute atomic E-state index is 0.0795. The molecular weight excluding hydrogens is 221 g/mol. The van der Waals surface area contributed by atoms with Crippen LogP contribution in [-0.4, -0.2) is 18.9 Å². The first-order valence-corrected chi connectivity index (χ1v) is 4.89. The number of carbonyl (C=O) groups excluding carboxylic acids is 1. The second-order valence-electron chi connectivity index (χ2n) is 3.39. The standard InChI is InChI=1S/C12H10FN3O/c1-9(17)10-2-3-12(11(13)8-10)16(6-4-14)7-5-15/h2-3,8H,6-7H2,1H3. The van der Waals surface area contributed by atoms with Gasteiger partial charge in [-0.2, -0.15) is 10.5 Å². The van der Waals surface area contributed by atoms with Gasteiger partial charge in [-0.15, -0.1) is 0 Å². The Balaban J connectivity index is 3.09. The molecule has 17 heavy (non-hydrogen) atoms. The molecule has 0 saturated heterocycles. The Morgan fingerprint density at radius 3 is 2.35 bits per heavy atom. The Morgan fingerprint density at radius 1 is 1.35 bits per heavy atom. The largest absolute Gasteiger partial charge is 0.343 e. The normalized spacial score (nSPS) is 9.18. The van der Waals surface area contributed by atoms with Gasteiger partial charge in [0.1, 0.15) is 18.9 Å². The third kappa shape index (κ3) is 3.02. The predicted molar refractivity (Wildman–Crippen MR) is 59.8 cm³/mol. The molecule has 5 heteroatoms. The summed E-state index contributed by atoms with van der Waals surface area (Å²) < 4.78 is 13.7. The first kappa shape index (κ1) is 12.7. The van der Waals surface area contributed by atoms with Crippen molar-refractivity contribution in [2.24, 2.45) is 0 Å². The van der Waals surface area contributed by atoms with Gasteiger partial charge in [0.25, 0.3) is 0 Å². The maximum Gasteiger partial charge on any atom is 0.159 e. The Kier molecular flexibility index (Phi) is 4.19. The smallest absolute Gasteiger partial charge is 0.159 e. The number of benzene rings is 1. The van der Waals surface area contributed by atoms with E-state index in [4.69, 9.17) is 10.5 Å². The van der Waals surface area contributed by atoms with E-state index in [9.17, 15) is 9.18 Å². The fraction of sp³-hybridized carbons (Fsp3) is 0.250. The van der Waals surface area contributed by atoms with Gasteiger partial charge in [0, 0.05) is 5.56 Å². The molecule has 0 bridgehead atoms. The van der Waals surface area contributed by atoms with Gasteiger partial charge in [-0.1, -0.05) is 0 Å². The summed E-state index contributed by atoms with van der Waals surface area (Å²) in [6.45, 7) is 1.19. The second-order valence-corrected chi connectivity index (χ2v) is 3.39. The van der Waals surface area contributed by atoms with E-state index in [1.165, 1.54) is 24.0 Å². The number of rotatable bonds is 4. The van der Waals surface area contributed by atoms with E-state index in [1.54, 1.807) is 0 Å². The molecule has 0 unspecified atom stereocenters. The van der Waals surface area contributed by atoms with Crippen molar-refractivity contribution in [1.29, 1.82) is 10.5 Å². The lowest BCUT2D eigenvalue weighted by Crippen LogP contribution is -2.24. The lowest BCUT2D eigenvalue weighted by molar-refractivity contribution is 0.101. The van der Waals surface area contributed by atoms with Crippen LogP contribution in [0, 0.1) is 28.5 Å². The Labute approximate surface area is 98.5 Å². The highest BCUT2D eigenvalue weighted by molar-refractivity contribution is 5.94. The summed E-state index contributed by atoms with van der Waals surface area (Å²) in [5.41, 5.74) is 0.415. The Morgan fingerprint density at radius 2 is 1.94 bits per heavy atom. The minimum atomic E-state index is -0.608. The quantitative estimate of drug-likeness (QED) is 0.586. The molecule has 0 amide bonds. The maximum absolute atomic E-state index is 13.7. The molecule has 1 aromatic rings. The molecule has 0 spiro atoms. The highest BCUT2D eigenvalue weighted by Gasteiger charge is 2.12. The number of halogens is 1. The number of carbonyl (C=O) groups is 1. The highest BCUT2D eigenvalue weighted by atomic mass is 19.1. The maximum atomic E-state index is 13.7. The fourth-order valence-corrected chi connectivity index (χ4v) is 1.38. The predicted octanol–water partition coefficient (Wildman–Crippen LogP) is 1.88. The summed E-state index contributed by atoms with van der Waals surface area (Å²) in [5, 5.41) is 17.2. The summed E-state index contributed by atoms with van der Waals surface area (Å²) in [6, 6.07) is 7.70. The van der Waals surface area contributed by atoms with Crippen LogP contribution in [0.1, 0.15) is 17.3 Å². The molecule has 0 aliphatic rings. The van der Waals surface area contributed by atoms with Crippen molar-refractivity contribution in [2.45, 2.75) is 6.92 Å². The summed E-state index contributed by atoms with van der Waals surface area (Å²) in [4.78, 5) is 12.4. The van der Waals surface area contributed by atoms with Gasteiger partial charge in [0.2, 0.25) is 0 Å². The molecule has 0 saturated carbocycles. The van der Waals surface area contributed by atoms with Crippen LogP contribution in [0.3, 0.4) is 0 Å². The van der Waals surface area contributed by atoms with Crippen molar-refractivity contribution < 1.29 is 9.18 Å². The van der Waals surface area contributed by atoms with E-state index >= 15 is 0 Å². The molecule has 0 radical (unpaired) electrons. The molecule has 0 aliphatic heterocycles. The summed E-state index contributed by atoms with van der Waals surface area (Å²) in [5.74, 6) is -0.842. The molecule has 1 aromatic carbocycles. The summed E-state index contributed by atoms with van der Waals surface area (Å²) in [6.07, 6.45) is 0. The Hall–Kier alpha value is -2.40. The molecule has 0 aliphatic carbocycles. The number of hydrogen-bond donors (Lipinski definition) is 0. The lowest BCUT2D eigenvalue weighted by atomic mass is 10.1. The molecule has 1 rings (SSSR count). The van der Waals surface area contributed by atoms with E-state index in [-0.39, 0.29) is 30.1 Å². The van der Waals surface area contributed by atoms with Gasteiger partial charge in [-0.05, 0) is 25.1 Å². The molecule has 0 aromatic heterocycles. The van der Waals surface area contributed by atoms with Crippen LogP contribution < -0.4 is 4.90 Å². The van der Waals surface area contributed by atoms with Crippen LogP contribution in [0.15, 0.2) is 18.2 Å². The van der Waals surface area contributed by atoms with Crippen LogP contribution >= 0.6 is 0 Å². The van der Waals surface area contributed by atoms with Crippen molar-refractivity contribution in [3.63, 3.8) is 0 Å². The van der Waals surface area contributed by atoms with Gasteiger partial charge in [-0.25, -0.2) is 4.39 Å². The van der Waals surface area contributed by atoms with Gasteiger partial charge in [0.05, 0.1) is 17.8 Å². The molecule has 0 N–H and O–H groups in total. The minimum Gasteiger partial charge on any atom is -0.343 e. The molecule has 0 atom stereocenters. The van der Waals surface area contributed by atoms with Gasteiger partial charge in [0.15, 0.2) is 5.78 Å². The second kappa shape index (κ2) is 5.62. The van der Waals surface area contributed by atoms with Crippen molar-refractivity contribution in [2.75, 3.05) is 18.0 Å². The van der Waals surface area contributed by atoms with Gasteiger partial charge >= 0.3 is 0 Å². The number of Topliss-reactive ketones (excluding diaryl/α,β-unsaturated/α-hetero) is 1. The fourth-order valence-electron chi connectivity index (χ4n) is 1.38. The third-order valence-electron chi connectivity index (χ3n) is 2.22. The van der Waals surface area contributed by atoms with E-state index in [2.05, 4.69) is 0 Å². The first-order chi connectivity index (χ1) is 8.10. The molecule has 0 heterocycles. The number of ketones is 1. The van der Waals surface area contributed by atoms with Crippen molar-refractivity contribution in [3.8, 4) is 12.1 Å². The van der Waals surface area contributed by atoms with Gasteiger partial charge < -0.3 is 4.90 Å². The number of hydrogen-bond acceptors (Lipinski definition) is 4. The zero-order valence-corrected chi connectivity index (χ0v) is 9.27. The monoisotopic (exact) mass is 231 g/mol. The van der Waals surface area contributed by atoms with Crippen molar-refractivity contribution in [1.82, 2.24) is 0 Å². The van der Waals surface area contributed by atoms with Crippen LogP contribution in [-0.2, 0) is 0 Å². The lowest BCUT2D eigenvalue weighted by Gasteiger charge is -2.18. The topological polar surface area (TPSA) is 67.9 Å². The summed E-state index contributed by atoms with van der Waals surface area (Å²) >= 11 is 0. The molecular formula is C12H10FN3O. The van der Waals surface area contributed by atoms with Gasteiger partial charge in [-0.3, -0.25) is 4.79 Å².